The van der Waals surface area contributed by atoms with Gasteiger partial charge in [0.05, 0.1) is 35.9 Å². The number of carbonyl (C=O) groups is 1. The van der Waals surface area contributed by atoms with Crippen LogP contribution in [0.1, 0.15) is 34.9 Å². The molecule has 3 rings (SSSR count). The van der Waals surface area contributed by atoms with Crippen LogP contribution in [-0.2, 0) is 11.3 Å². The second-order valence-corrected chi connectivity index (χ2v) is 5.47. The highest BCUT2D eigenvalue weighted by atomic mass is 16.5. The number of ether oxygens (including phenoxy) is 1. The van der Waals surface area contributed by atoms with E-state index in [2.05, 4.69) is 4.98 Å². The van der Waals surface area contributed by atoms with Crippen molar-refractivity contribution < 1.29 is 19.7 Å². The van der Waals surface area contributed by atoms with Gasteiger partial charge in [-0.05, 0) is 31.0 Å². The molecule has 0 radical (unpaired) electrons. The van der Waals surface area contributed by atoms with Crippen molar-refractivity contribution in [3.05, 3.63) is 29.6 Å². The smallest absolute Gasteiger partial charge is 0.335 e. The van der Waals surface area contributed by atoms with Gasteiger partial charge in [0, 0.05) is 13.0 Å². The lowest BCUT2D eigenvalue weighted by Crippen LogP contribution is -2.22. The zero-order valence-corrected chi connectivity index (χ0v) is 11.8. The first kappa shape index (κ1) is 14.0. The highest BCUT2D eigenvalue weighted by molar-refractivity contribution is 5.92. The molecule has 0 spiro atoms. The molecule has 1 fully saturated rings. The molecular weight excluding hydrogens is 272 g/mol. The minimum absolute atomic E-state index is 0.229. The molecule has 112 valence electrons. The third-order valence-electron chi connectivity index (χ3n) is 3.72. The average Bonchev–Trinajstić information content (AvgIpc) is 3.23. The molecule has 21 heavy (non-hydrogen) atoms. The van der Waals surface area contributed by atoms with Crippen LogP contribution < -0.4 is 0 Å². The molecular formula is C15H18N2O4. The third kappa shape index (κ3) is 2.77. The molecule has 1 aliphatic carbocycles. The van der Waals surface area contributed by atoms with Crippen LogP contribution in [0, 0.1) is 0 Å². The quantitative estimate of drug-likeness (QED) is 0.844. The lowest BCUT2D eigenvalue weighted by molar-refractivity contribution is 0.0539. The largest absolute Gasteiger partial charge is 0.478 e. The summed E-state index contributed by atoms with van der Waals surface area (Å²) in [5.41, 5.74) is 1.76. The number of methoxy groups -OCH3 is 1. The van der Waals surface area contributed by atoms with Gasteiger partial charge in [0.25, 0.3) is 0 Å². The number of benzene rings is 1. The first-order chi connectivity index (χ1) is 10.1. The maximum atomic E-state index is 11.1. The average molecular weight is 290 g/mol. The van der Waals surface area contributed by atoms with E-state index in [1.165, 1.54) is 0 Å². The Balaban J connectivity index is 2.05. The molecule has 0 bridgehead atoms. The molecule has 0 amide bonds. The lowest BCUT2D eigenvalue weighted by Gasteiger charge is -2.14. The van der Waals surface area contributed by atoms with Gasteiger partial charge in [0.2, 0.25) is 0 Å². The number of rotatable bonds is 6. The van der Waals surface area contributed by atoms with Crippen molar-refractivity contribution in [1.82, 2.24) is 9.55 Å². The van der Waals surface area contributed by atoms with Crippen LogP contribution in [-0.4, -0.2) is 45.6 Å². The van der Waals surface area contributed by atoms with Crippen LogP contribution in [0.4, 0.5) is 0 Å². The normalized spacial score (nSPS) is 16.3. The number of hydrogen-bond donors (Lipinski definition) is 2. The van der Waals surface area contributed by atoms with Gasteiger partial charge < -0.3 is 19.5 Å². The van der Waals surface area contributed by atoms with Crippen LogP contribution in [0.2, 0.25) is 0 Å². The Morgan fingerprint density at radius 2 is 2.29 bits per heavy atom. The van der Waals surface area contributed by atoms with E-state index < -0.39 is 12.1 Å². The van der Waals surface area contributed by atoms with Crippen molar-refractivity contribution in [1.29, 1.82) is 0 Å². The summed E-state index contributed by atoms with van der Waals surface area (Å²) in [6, 6.07) is 4.91. The van der Waals surface area contributed by atoms with Crippen LogP contribution in [0.15, 0.2) is 18.2 Å². The number of nitrogens with zero attached hydrogens (tertiary/aromatic N) is 2. The summed E-state index contributed by atoms with van der Waals surface area (Å²) in [5, 5.41) is 19.1. The van der Waals surface area contributed by atoms with Gasteiger partial charge in [-0.15, -0.1) is 0 Å². The zero-order chi connectivity index (χ0) is 15.0. The van der Waals surface area contributed by atoms with Crippen LogP contribution >= 0.6 is 0 Å². The summed E-state index contributed by atoms with van der Waals surface area (Å²) in [5.74, 6) is 0.387. The van der Waals surface area contributed by atoms with E-state index in [1.807, 2.05) is 4.57 Å². The van der Waals surface area contributed by atoms with Crippen molar-refractivity contribution in [2.24, 2.45) is 0 Å². The number of aliphatic hydroxyl groups excluding tert-OH is 1. The van der Waals surface area contributed by atoms with Gasteiger partial charge in [-0.2, -0.15) is 0 Å². The number of aromatic carboxylic acids is 1. The fourth-order valence-electron chi connectivity index (χ4n) is 2.58. The number of carboxylic acids is 1. The first-order valence-corrected chi connectivity index (χ1v) is 7.00. The molecule has 0 aliphatic heterocycles. The fourth-order valence-corrected chi connectivity index (χ4v) is 2.58. The molecule has 1 aromatic carbocycles. The van der Waals surface area contributed by atoms with Crippen molar-refractivity contribution in [2.75, 3.05) is 13.7 Å². The summed E-state index contributed by atoms with van der Waals surface area (Å²) in [6.45, 7) is 0.599. The van der Waals surface area contributed by atoms with E-state index in [1.54, 1.807) is 25.3 Å². The van der Waals surface area contributed by atoms with Gasteiger partial charge in [-0.25, -0.2) is 9.78 Å². The Kier molecular flexibility index (Phi) is 3.65. The molecule has 1 heterocycles. The summed E-state index contributed by atoms with van der Waals surface area (Å²) in [7, 11) is 1.54. The van der Waals surface area contributed by atoms with Gasteiger partial charge >= 0.3 is 5.97 Å². The van der Waals surface area contributed by atoms with E-state index in [-0.39, 0.29) is 12.2 Å². The predicted molar refractivity (Wildman–Crippen MR) is 76.6 cm³/mol. The lowest BCUT2D eigenvalue weighted by atomic mass is 10.2. The van der Waals surface area contributed by atoms with Gasteiger partial charge in [-0.1, -0.05) is 0 Å². The van der Waals surface area contributed by atoms with Crippen LogP contribution in [0.5, 0.6) is 0 Å². The summed E-state index contributed by atoms with van der Waals surface area (Å²) in [4.78, 5) is 15.7. The standard InChI is InChI=1S/C15H18N2O4/c1-21-8-11(18)7-17-13-6-10(15(19)20)4-5-12(13)16-14(17)9-2-3-9/h4-6,9,11,18H,2-3,7-8H2,1H3,(H,19,20). The zero-order valence-electron chi connectivity index (χ0n) is 11.8. The first-order valence-electron chi connectivity index (χ1n) is 7.00. The van der Waals surface area contributed by atoms with Crippen molar-refractivity contribution in [2.45, 2.75) is 31.4 Å². The van der Waals surface area contributed by atoms with Crippen LogP contribution in [0.3, 0.4) is 0 Å². The summed E-state index contributed by atoms with van der Waals surface area (Å²) in [6.07, 6.45) is 1.55. The Bertz CT molecular complexity index is 676. The van der Waals surface area contributed by atoms with Crippen molar-refractivity contribution >= 4 is 17.0 Å². The Morgan fingerprint density at radius 3 is 2.90 bits per heavy atom. The van der Waals surface area contributed by atoms with E-state index in [9.17, 15) is 9.90 Å². The second kappa shape index (κ2) is 5.46. The second-order valence-electron chi connectivity index (χ2n) is 5.47. The number of aliphatic hydroxyl groups is 1. The number of fused-ring (bicyclic) bond motifs is 1. The third-order valence-corrected chi connectivity index (χ3v) is 3.72. The summed E-state index contributed by atoms with van der Waals surface area (Å²) < 4.78 is 6.90. The number of imidazole rings is 1. The van der Waals surface area contributed by atoms with E-state index in [0.29, 0.717) is 12.5 Å². The molecule has 1 saturated carbocycles. The highest BCUT2D eigenvalue weighted by Gasteiger charge is 2.30. The highest BCUT2D eigenvalue weighted by Crippen LogP contribution is 2.40. The molecule has 6 heteroatoms. The Morgan fingerprint density at radius 1 is 1.52 bits per heavy atom. The maximum absolute atomic E-state index is 11.1. The van der Waals surface area contributed by atoms with Gasteiger partial charge in [0.1, 0.15) is 5.82 Å². The molecule has 2 N–H and O–H groups in total. The van der Waals surface area contributed by atoms with Crippen molar-refractivity contribution in [3.63, 3.8) is 0 Å². The number of aromatic nitrogens is 2. The minimum Gasteiger partial charge on any atom is -0.478 e. The maximum Gasteiger partial charge on any atom is 0.335 e. The van der Waals surface area contributed by atoms with Gasteiger partial charge in [0.15, 0.2) is 0 Å². The molecule has 2 aromatic rings. The van der Waals surface area contributed by atoms with Crippen LogP contribution in [0.25, 0.3) is 11.0 Å². The molecule has 6 nitrogen and oxygen atoms in total. The Hall–Kier alpha value is -1.92. The molecule has 1 unspecified atom stereocenters. The topological polar surface area (TPSA) is 84.6 Å². The Labute approximate surface area is 122 Å². The van der Waals surface area contributed by atoms with Gasteiger partial charge in [-0.3, -0.25) is 0 Å². The van der Waals surface area contributed by atoms with E-state index in [4.69, 9.17) is 9.84 Å². The number of hydrogen-bond acceptors (Lipinski definition) is 4. The fraction of sp³-hybridized carbons (Fsp3) is 0.467. The molecule has 1 atom stereocenters. The van der Waals surface area contributed by atoms with Crippen molar-refractivity contribution in [3.8, 4) is 0 Å². The van der Waals surface area contributed by atoms with E-state index in [0.717, 1.165) is 29.7 Å². The molecule has 0 saturated heterocycles. The SMILES string of the molecule is COCC(O)Cn1c(C2CC2)nc2ccc(C(=O)O)cc21. The molecule has 1 aromatic heterocycles. The number of carboxylic acid groups (broad SMARTS) is 1. The van der Waals surface area contributed by atoms with E-state index >= 15 is 0 Å². The predicted octanol–water partition coefficient (Wildman–Crippen LogP) is 1.62. The monoisotopic (exact) mass is 290 g/mol. The minimum atomic E-state index is -0.963. The summed E-state index contributed by atoms with van der Waals surface area (Å²) >= 11 is 0. The molecule has 1 aliphatic rings.